The van der Waals surface area contributed by atoms with E-state index in [1.54, 1.807) is 0 Å². The summed E-state index contributed by atoms with van der Waals surface area (Å²) < 4.78 is 0. The van der Waals surface area contributed by atoms with Gasteiger partial charge in [0.15, 0.2) is 5.96 Å². The summed E-state index contributed by atoms with van der Waals surface area (Å²) in [6, 6.07) is 0. The van der Waals surface area contributed by atoms with Crippen LogP contribution in [0, 0.1) is 11.8 Å². The lowest BCUT2D eigenvalue weighted by atomic mass is 9.87. The molecule has 1 N–H and O–H groups in total. The molecule has 0 aromatic rings. The van der Waals surface area contributed by atoms with Crippen molar-refractivity contribution in [3.05, 3.63) is 0 Å². The highest BCUT2D eigenvalue weighted by Gasteiger charge is 2.24. The van der Waals surface area contributed by atoms with Crippen LogP contribution in [0.2, 0.25) is 0 Å². The van der Waals surface area contributed by atoms with Gasteiger partial charge in [-0.25, -0.2) is 0 Å². The second-order valence-corrected chi connectivity index (χ2v) is 4.70. The number of guanidine groups is 1. The minimum atomic E-state index is 0.843. The summed E-state index contributed by atoms with van der Waals surface area (Å²) in [5.41, 5.74) is 0. The predicted octanol–water partition coefficient (Wildman–Crippen LogP) is 1.31. The summed E-state index contributed by atoms with van der Waals surface area (Å²) in [4.78, 5) is 6.87. The van der Waals surface area contributed by atoms with Gasteiger partial charge < -0.3 is 10.2 Å². The predicted molar refractivity (Wildman–Crippen MR) is 59.4 cm³/mol. The van der Waals surface area contributed by atoms with Crippen LogP contribution in [0.15, 0.2) is 4.99 Å². The van der Waals surface area contributed by atoms with Crippen molar-refractivity contribution < 1.29 is 0 Å². The molecule has 3 heteroatoms. The Balaban J connectivity index is 1.83. The van der Waals surface area contributed by atoms with E-state index in [9.17, 15) is 0 Å². The van der Waals surface area contributed by atoms with Crippen molar-refractivity contribution in [2.45, 2.75) is 26.7 Å². The molecule has 2 heterocycles. The van der Waals surface area contributed by atoms with Gasteiger partial charge in [0, 0.05) is 19.6 Å². The van der Waals surface area contributed by atoms with Gasteiger partial charge >= 0.3 is 0 Å². The molecule has 0 aromatic heterocycles. The Kier molecular flexibility index (Phi) is 2.94. The molecule has 0 bridgehead atoms. The highest BCUT2D eigenvalue weighted by molar-refractivity contribution is 5.81. The van der Waals surface area contributed by atoms with Crippen LogP contribution in [0.5, 0.6) is 0 Å². The molecule has 0 amide bonds. The van der Waals surface area contributed by atoms with E-state index in [-0.39, 0.29) is 0 Å². The van der Waals surface area contributed by atoms with Crippen LogP contribution in [0.25, 0.3) is 0 Å². The van der Waals surface area contributed by atoms with Crippen LogP contribution in [-0.4, -0.2) is 37.0 Å². The lowest BCUT2D eigenvalue weighted by Crippen LogP contribution is -2.44. The number of piperidine rings is 1. The molecular formula is C11H21N3. The Labute approximate surface area is 86.6 Å². The number of likely N-dealkylation sites (tertiary alicyclic amines) is 1. The van der Waals surface area contributed by atoms with Gasteiger partial charge in [0.2, 0.25) is 0 Å². The van der Waals surface area contributed by atoms with E-state index in [1.807, 2.05) is 0 Å². The average molecular weight is 195 g/mol. The average Bonchev–Trinajstić information content (AvgIpc) is 2.71. The van der Waals surface area contributed by atoms with Crippen LogP contribution < -0.4 is 5.32 Å². The first kappa shape index (κ1) is 9.81. The zero-order chi connectivity index (χ0) is 9.97. The largest absolute Gasteiger partial charge is 0.354 e. The first-order chi connectivity index (χ1) is 6.77. The second kappa shape index (κ2) is 4.20. The summed E-state index contributed by atoms with van der Waals surface area (Å²) in [5, 5.41) is 3.35. The second-order valence-electron chi connectivity index (χ2n) is 4.70. The Bertz CT molecular complexity index is 215. The van der Waals surface area contributed by atoms with Crippen molar-refractivity contribution in [2.75, 3.05) is 26.2 Å². The molecule has 14 heavy (non-hydrogen) atoms. The molecule has 0 spiro atoms. The number of rotatable bonds is 1. The fraction of sp³-hybridized carbons (Fsp3) is 0.909. The van der Waals surface area contributed by atoms with E-state index in [0.717, 1.165) is 30.9 Å². The molecule has 0 saturated carbocycles. The van der Waals surface area contributed by atoms with Gasteiger partial charge in [-0.2, -0.15) is 0 Å². The number of hydrogen-bond acceptors (Lipinski definition) is 3. The Morgan fingerprint density at radius 1 is 1.36 bits per heavy atom. The quantitative estimate of drug-likeness (QED) is 0.683. The van der Waals surface area contributed by atoms with Crippen molar-refractivity contribution in [3.8, 4) is 0 Å². The third-order valence-corrected chi connectivity index (χ3v) is 3.44. The van der Waals surface area contributed by atoms with Gasteiger partial charge in [0.1, 0.15) is 0 Å². The van der Waals surface area contributed by atoms with E-state index in [2.05, 4.69) is 29.1 Å². The molecule has 0 aromatic carbocycles. The summed E-state index contributed by atoms with van der Waals surface area (Å²) in [6.45, 7) is 9.04. The van der Waals surface area contributed by atoms with E-state index in [0.29, 0.717) is 0 Å². The number of hydrogen-bond donors (Lipinski definition) is 1. The summed E-state index contributed by atoms with van der Waals surface area (Å²) in [5.74, 6) is 2.91. The summed E-state index contributed by atoms with van der Waals surface area (Å²) in [6.07, 6.45) is 2.66. The Morgan fingerprint density at radius 2 is 2.07 bits per heavy atom. The van der Waals surface area contributed by atoms with Crippen LogP contribution in [0.4, 0.5) is 0 Å². The summed E-state index contributed by atoms with van der Waals surface area (Å²) >= 11 is 0. The number of nitrogens with one attached hydrogen (secondary N) is 1. The van der Waals surface area contributed by atoms with Crippen molar-refractivity contribution in [1.82, 2.24) is 10.2 Å². The fourth-order valence-corrected chi connectivity index (χ4v) is 2.38. The smallest absolute Gasteiger partial charge is 0.194 e. The van der Waals surface area contributed by atoms with Gasteiger partial charge in [-0.15, -0.1) is 0 Å². The van der Waals surface area contributed by atoms with Crippen LogP contribution in [-0.2, 0) is 0 Å². The van der Waals surface area contributed by atoms with Crippen molar-refractivity contribution in [2.24, 2.45) is 16.8 Å². The molecule has 0 atom stereocenters. The monoisotopic (exact) mass is 195 g/mol. The molecule has 2 rings (SSSR count). The topological polar surface area (TPSA) is 27.6 Å². The highest BCUT2D eigenvalue weighted by Crippen LogP contribution is 2.24. The third-order valence-electron chi connectivity index (χ3n) is 3.44. The zero-order valence-electron chi connectivity index (χ0n) is 9.29. The van der Waals surface area contributed by atoms with Crippen LogP contribution in [0.3, 0.4) is 0 Å². The molecule has 0 aliphatic carbocycles. The molecule has 2 aliphatic rings. The number of aliphatic imine (C=N–C) groups is 1. The molecule has 2 aliphatic heterocycles. The third kappa shape index (κ3) is 2.02. The van der Waals surface area contributed by atoms with Gasteiger partial charge in [0.25, 0.3) is 0 Å². The Hall–Kier alpha value is -0.730. The molecule has 0 unspecified atom stereocenters. The SMILES string of the molecule is CC(C)C1CCN(C2=NCCN2)CC1. The minimum Gasteiger partial charge on any atom is -0.354 e. The molecule has 1 saturated heterocycles. The highest BCUT2D eigenvalue weighted by atomic mass is 15.3. The standard InChI is InChI=1S/C11H21N3/c1-9(2)10-3-7-14(8-4-10)11-12-5-6-13-11/h9-10H,3-8H2,1-2H3,(H,12,13). The summed E-state index contributed by atoms with van der Waals surface area (Å²) in [7, 11) is 0. The van der Waals surface area contributed by atoms with Gasteiger partial charge in [-0.3, -0.25) is 4.99 Å². The van der Waals surface area contributed by atoms with Crippen molar-refractivity contribution in [1.29, 1.82) is 0 Å². The first-order valence-electron chi connectivity index (χ1n) is 5.80. The molecule has 0 radical (unpaired) electrons. The maximum atomic E-state index is 4.46. The fourth-order valence-electron chi connectivity index (χ4n) is 2.38. The van der Waals surface area contributed by atoms with Crippen LogP contribution in [0.1, 0.15) is 26.7 Å². The van der Waals surface area contributed by atoms with Gasteiger partial charge in [-0.05, 0) is 24.7 Å². The Morgan fingerprint density at radius 3 is 2.57 bits per heavy atom. The minimum absolute atomic E-state index is 0.843. The normalized spacial score (nSPS) is 23.9. The first-order valence-corrected chi connectivity index (χ1v) is 5.80. The van der Waals surface area contributed by atoms with E-state index < -0.39 is 0 Å². The number of nitrogens with zero attached hydrogens (tertiary/aromatic N) is 2. The maximum absolute atomic E-state index is 4.46. The van der Waals surface area contributed by atoms with Gasteiger partial charge in [-0.1, -0.05) is 13.8 Å². The lowest BCUT2D eigenvalue weighted by molar-refractivity contribution is 0.217. The lowest BCUT2D eigenvalue weighted by Gasteiger charge is -2.34. The maximum Gasteiger partial charge on any atom is 0.194 e. The van der Waals surface area contributed by atoms with Gasteiger partial charge in [0.05, 0.1) is 6.54 Å². The van der Waals surface area contributed by atoms with Crippen molar-refractivity contribution >= 4 is 5.96 Å². The molecule has 3 nitrogen and oxygen atoms in total. The molecule has 80 valence electrons. The molecular weight excluding hydrogens is 174 g/mol. The van der Waals surface area contributed by atoms with Crippen LogP contribution >= 0.6 is 0 Å². The molecule has 1 fully saturated rings. The van der Waals surface area contributed by atoms with E-state index in [4.69, 9.17) is 0 Å². The van der Waals surface area contributed by atoms with E-state index >= 15 is 0 Å². The van der Waals surface area contributed by atoms with Crippen molar-refractivity contribution in [3.63, 3.8) is 0 Å². The van der Waals surface area contributed by atoms with E-state index in [1.165, 1.54) is 25.9 Å². The zero-order valence-corrected chi connectivity index (χ0v) is 9.29.